The predicted molar refractivity (Wildman–Crippen MR) is 102 cm³/mol. The quantitative estimate of drug-likeness (QED) is 0.732. The summed E-state index contributed by atoms with van der Waals surface area (Å²) in [4.78, 5) is 40.0. The van der Waals surface area contributed by atoms with Crippen LogP contribution in [-0.4, -0.2) is 36.4 Å². The summed E-state index contributed by atoms with van der Waals surface area (Å²) in [6, 6.07) is 9.30. The van der Waals surface area contributed by atoms with E-state index in [2.05, 4.69) is 34.2 Å². The van der Waals surface area contributed by atoms with Crippen LogP contribution in [0.5, 0.6) is 0 Å². The summed E-state index contributed by atoms with van der Waals surface area (Å²) in [6.45, 7) is 4.71. The predicted octanol–water partition coefficient (Wildman–Crippen LogP) is 2.90. The van der Waals surface area contributed by atoms with Gasteiger partial charge in [0.05, 0.1) is 12.7 Å². The van der Waals surface area contributed by atoms with E-state index in [4.69, 9.17) is 0 Å². The molecule has 0 spiro atoms. The van der Waals surface area contributed by atoms with Crippen molar-refractivity contribution in [3.8, 4) is 0 Å². The molecule has 2 aromatic rings. The van der Waals surface area contributed by atoms with Crippen LogP contribution in [0.15, 0.2) is 42.6 Å². The molecule has 0 fully saturated rings. The van der Waals surface area contributed by atoms with Crippen molar-refractivity contribution in [1.29, 1.82) is 0 Å². The van der Waals surface area contributed by atoms with Crippen molar-refractivity contribution >= 4 is 23.5 Å². The van der Waals surface area contributed by atoms with Crippen LogP contribution in [0.25, 0.3) is 0 Å². The number of hydrogen-bond acceptors (Lipinski definition) is 5. The first kappa shape index (κ1) is 20.1. The molecule has 142 valence electrons. The molecular weight excluding hydrogens is 346 g/mol. The molecule has 0 aliphatic rings. The number of pyridine rings is 1. The minimum atomic E-state index is -0.449. The van der Waals surface area contributed by atoms with Gasteiger partial charge in [-0.25, -0.2) is 4.79 Å². The Morgan fingerprint density at radius 3 is 2.37 bits per heavy atom. The fraction of sp³-hybridized carbons (Fsp3) is 0.300. The van der Waals surface area contributed by atoms with E-state index >= 15 is 0 Å². The van der Waals surface area contributed by atoms with Gasteiger partial charge in [-0.3, -0.25) is 14.6 Å². The zero-order valence-electron chi connectivity index (χ0n) is 15.6. The number of carbonyl (C=O) groups excluding carboxylic acids is 3. The minimum Gasteiger partial charge on any atom is -0.465 e. The lowest BCUT2D eigenvalue weighted by molar-refractivity contribution is 0.0600. The zero-order valence-corrected chi connectivity index (χ0v) is 15.6. The van der Waals surface area contributed by atoms with Gasteiger partial charge in [-0.15, -0.1) is 0 Å². The maximum absolute atomic E-state index is 12.4. The smallest absolute Gasteiger partial charge is 0.337 e. The molecule has 2 amide bonds. The molecule has 0 bridgehead atoms. The number of rotatable bonds is 7. The van der Waals surface area contributed by atoms with E-state index in [1.165, 1.54) is 25.4 Å². The number of anilines is 1. The molecule has 0 saturated heterocycles. The van der Waals surface area contributed by atoms with Crippen molar-refractivity contribution in [2.45, 2.75) is 20.3 Å². The molecule has 0 atom stereocenters. The highest BCUT2D eigenvalue weighted by Crippen LogP contribution is 2.12. The van der Waals surface area contributed by atoms with E-state index in [9.17, 15) is 14.4 Å². The highest BCUT2D eigenvalue weighted by atomic mass is 16.5. The number of ether oxygens (including phenoxy) is 1. The molecular formula is C20H23N3O4. The Morgan fingerprint density at radius 2 is 1.74 bits per heavy atom. The topological polar surface area (TPSA) is 97.4 Å². The van der Waals surface area contributed by atoms with E-state index < -0.39 is 5.97 Å². The van der Waals surface area contributed by atoms with Gasteiger partial charge in [0.15, 0.2) is 0 Å². The lowest BCUT2D eigenvalue weighted by Gasteiger charge is -2.09. The van der Waals surface area contributed by atoms with E-state index in [0.29, 0.717) is 29.3 Å². The molecule has 2 rings (SSSR count). The van der Waals surface area contributed by atoms with Crippen LogP contribution >= 0.6 is 0 Å². The lowest BCUT2D eigenvalue weighted by atomic mass is 10.1. The number of nitrogens with one attached hydrogen (secondary N) is 2. The molecule has 0 unspecified atom stereocenters. The van der Waals surface area contributed by atoms with Gasteiger partial charge in [0.25, 0.3) is 11.8 Å². The summed E-state index contributed by atoms with van der Waals surface area (Å²) in [5.74, 6) is -0.650. The van der Waals surface area contributed by atoms with Gasteiger partial charge >= 0.3 is 5.97 Å². The number of esters is 1. The maximum atomic E-state index is 12.4. The van der Waals surface area contributed by atoms with E-state index in [1.807, 2.05) is 0 Å². The second-order valence-corrected chi connectivity index (χ2v) is 6.39. The number of amides is 2. The van der Waals surface area contributed by atoms with Crippen LogP contribution in [0.2, 0.25) is 0 Å². The number of benzene rings is 1. The first-order valence-electron chi connectivity index (χ1n) is 8.64. The number of aromatic nitrogens is 1. The van der Waals surface area contributed by atoms with Crippen LogP contribution in [0, 0.1) is 5.92 Å². The highest BCUT2D eigenvalue weighted by molar-refractivity contribution is 6.05. The molecule has 0 saturated carbocycles. The molecule has 1 heterocycles. The molecule has 7 nitrogen and oxygen atoms in total. The molecule has 1 aromatic carbocycles. The molecule has 0 aliphatic carbocycles. The molecule has 27 heavy (non-hydrogen) atoms. The van der Waals surface area contributed by atoms with Gasteiger partial charge < -0.3 is 15.4 Å². The normalized spacial score (nSPS) is 10.4. The molecule has 1 aromatic heterocycles. The Labute approximate surface area is 158 Å². The molecule has 0 aliphatic heterocycles. The SMILES string of the molecule is COC(=O)c1ccc(NC(=O)c2ccnc(C(=O)NCCC(C)C)c2)cc1. The highest BCUT2D eigenvalue weighted by Gasteiger charge is 2.12. The average Bonchev–Trinajstić information content (AvgIpc) is 2.67. The Bertz CT molecular complexity index is 816. The summed E-state index contributed by atoms with van der Waals surface area (Å²) in [5.41, 5.74) is 1.41. The van der Waals surface area contributed by atoms with Crippen molar-refractivity contribution in [1.82, 2.24) is 10.3 Å². The second-order valence-electron chi connectivity index (χ2n) is 6.39. The third-order valence-corrected chi connectivity index (χ3v) is 3.83. The van der Waals surface area contributed by atoms with Gasteiger partial charge in [-0.2, -0.15) is 0 Å². The summed E-state index contributed by atoms with van der Waals surface area (Å²) < 4.78 is 4.63. The molecule has 7 heteroatoms. The summed E-state index contributed by atoms with van der Waals surface area (Å²) in [6.07, 6.45) is 2.29. The fourth-order valence-corrected chi connectivity index (χ4v) is 2.27. The largest absolute Gasteiger partial charge is 0.465 e. The second kappa shape index (κ2) is 9.47. The van der Waals surface area contributed by atoms with Crippen LogP contribution < -0.4 is 10.6 Å². The Kier molecular flexibility index (Phi) is 7.05. The van der Waals surface area contributed by atoms with Gasteiger partial charge in [0.1, 0.15) is 5.69 Å². The van der Waals surface area contributed by atoms with Crippen LogP contribution in [0.1, 0.15) is 51.5 Å². The van der Waals surface area contributed by atoms with E-state index in [0.717, 1.165) is 6.42 Å². The number of methoxy groups -OCH3 is 1. The number of hydrogen-bond donors (Lipinski definition) is 2. The molecule has 0 radical (unpaired) electrons. The van der Waals surface area contributed by atoms with E-state index in [1.54, 1.807) is 24.3 Å². The Balaban J connectivity index is 2.02. The monoisotopic (exact) mass is 369 g/mol. The van der Waals surface area contributed by atoms with Gasteiger partial charge in [0.2, 0.25) is 0 Å². The minimum absolute atomic E-state index is 0.187. The van der Waals surface area contributed by atoms with Crippen LogP contribution in [0.4, 0.5) is 5.69 Å². The van der Waals surface area contributed by atoms with Crippen molar-refractivity contribution in [3.05, 3.63) is 59.4 Å². The Morgan fingerprint density at radius 1 is 1.04 bits per heavy atom. The van der Waals surface area contributed by atoms with Crippen LogP contribution in [-0.2, 0) is 4.74 Å². The Hall–Kier alpha value is -3.22. The first-order valence-corrected chi connectivity index (χ1v) is 8.64. The maximum Gasteiger partial charge on any atom is 0.337 e. The van der Waals surface area contributed by atoms with Crippen molar-refractivity contribution < 1.29 is 19.1 Å². The summed E-state index contributed by atoms with van der Waals surface area (Å²) in [7, 11) is 1.30. The van der Waals surface area contributed by atoms with Gasteiger partial charge in [0, 0.05) is 24.0 Å². The number of nitrogens with zero attached hydrogens (tertiary/aromatic N) is 1. The third-order valence-electron chi connectivity index (χ3n) is 3.83. The zero-order chi connectivity index (χ0) is 19.8. The van der Waals surface area contributed by atoms with Crippen molar-refractivity contribution in [2.75, 3.05) is 19.0 Å². The van der Waals surface area contributed by atoms with Gasteiger partial charge in [-0.1, -0.05) is 13.8 Å². The molecule has 2 N–H and O–H groups in total. The third kappa shape index (κ3) is 5.91. The lowest BCUT2D eigenvalue weighted by Crippen LogP contribution is -2.26. The summed E-state index contributed by atoms with van der Waals surface area (Å²) in [5, 5.41) is 5.51. The number of carbonyl (C=O) groups is 3. The first-order chi connectivity index (χ1) is 12.9. The van der Waals surface area contributed by atoms with Crippen molar-refractivity contribution in [2.24, 2.45) is 5.92 Å². The average molecular weight is 369 g/mol. The van der Waals surface area contributed by atoms with Crippen LogP contribution in [0.3, 0.4) is 0 Å². The van der Waals surface area contributed by atoms with Gasteiger partial charge in [-0.05, 0) is 48.7 Å². The van der Waals surface area contributed by atoms with Crippen molar-refractivity contribution in [3.63, 3.8) is 0 Å². The van der Waals surface area contributed by atoms with E-state index in [-0.39, 0.29) is 17.5 Å². The summed E-state index contributed by atoms with van der Waals surface area (Å²) >= 11 is 0. The standard InChI is InChI=1S/C20H23N3O4/c1-13(2)8-10-22-19(25)17-12-15(9-11-21-17)18(24)23-16-6-4-14(5-7-16)20(26)27-3/h4-7,9,11-13H,8,10H2,1-3H3,(H,22,25)(H,23,24). The fourth-order valence-electron chi connectivity index (χ4n) is 2.27.